The number of hydrogen-bond acceptors (Lipinski definition) is 4. The van der Waals surface area contributed by atoms with E-state index in [0.29, 0.717) is 28.7 Å². The lowest BCUT2D eigenvalue weighted by molar-refractivity contribution is -0.142. The predicted octanol–water partition coefficient (Wildman–Crippen LogP) is 6.86. The Hall–Kier alpha value is -2.19. The van der Waals surface area contributed by atoms with Crippen LogP contribution in [0.25, 0.3) is 0 Å². The van der Waals surface area contributed by atoms with Gasteiger partial charge in [0.2, 0.25) is 0 Å². The van der Waals surface area contributed by atoms with Crippen molar-refractivity contribution in [3.8, 4) is 0 Å². The van der Waals surface area contributed by atoms with Gasteiger partial charge in [0.05, 0.1) is 11.6 Å². The highest BCUT2D eigenvalue weighted by Crippen LogP contribution is 2.36. The van der Waals surface area contributed by atoms with Crippen molar-refractivity contribution in [3.63, 3.8) is 0 Å². The third kappa shape index (κ3) is 7.74. The van der Waals surface area contributed by atoms with Gasteiger partial charge in [-0.05, 0) is 37.0 Å². The predicted molar refractivity (Wildman–Crippen MR) is 121 cm³/mol. The first-order valence-corrected chi connectivity index (χ1v) is 11.4. The SMILES string of the molecule is CCCC(CC(C)COC(C)=O)Sc1cc(C(=O)Nc2cc(F)c(F)c(F)c2)ccc1Cl. The number of halogens is 4. The minimum Gasteiger partial charge on any atom is -0.466 e. The molecular formula is C23H25ClF3NO3S. The highest BCUT2D eigenvalue weighted by molar-refractivity contribution is 8.00. The van der Waals surface area contributed by atoms with E-state index in [2.05, 4.69) is 12.2 Å². The lowest BCUT2D eigenvalue weighted by atomic mass is 10.0. The molecule has 0 heterocycles. The van der Waals surface area contributed by atoms with Crippen molar-refractivity contribution in [2.24, 2.45) is 5.92 Å². The van der Waals surface area contributed by atoms with Gasteiger partial charge in [-0.1, -0.05) is 31.9 Å². The van der Waals surface area contributed by atoms with Crippen molar-refractivity contribution in [2.45, 2.75) is 50.2 Å². The van der Waals surface area contributed by atoms with Crippen LogP contribution in [-0.4, -0.2) is 23.7 Å². The van der Waals surface area contributed by atoms with Gasteiger partial charge in [0, 0.05) is 40.5 Å². The molecule has 32 heavy (non-hydrogen) atoms. The van der Waals surface area contributed by atoms with Gasteiger partial charge in [-0.25, -0.2) is 13.2 Å². The molecule has 0 aromatic heterocycles. The van der Waals surface area contributed by atoms with Crippen molar-refractivity contribution in [1.82, 2.24) is 0 Å². The van der Waals surface area contributed by atoms with Crippen LogP contribution in [0.3, 0.4) is 0 Å². The van der Waals surface area contributed by atoms with Gasteiger partial charge in [0.1, 0.15) is 0 Å². The first-order valence-electron chi connectivity index (χ1n) is 10.2. The van der Waals surface area contributed by atoms with Crippen LogP contribution in [0.4, 0.5) is 18.9 Å². The first-order chi connectivity index (χ1) is 15.1. The van der Waals surface area contributed by atoms with Gasteiger partial charge < -0.3 is 10.1 Å². The zero-order valence-corrected chi connectivity index (χ0v) is 19.6. The molecule has 0 fully saturated rings. The number of thioether (sulfide) groups is 1. The van der Waals surface area contributed by atoms with E-state index in [0.717, 1.165) is 19.3 Å². The zero-order chi connectivity index (χ0) is 23.8. The van der Waals surface area contributed by atoms with Crippen LogP contribution in [0.2, 0.25) is 5.02 Å². The normalized spacial score (nSPS) is 12.8. The number of amides is 1. The fraction of sp³-hybridized carbons (Fsp3) is 0.391. The molecule has 0 aliphatic carbocycles. The zero-order valence-electron chi connectivity index (χ0n) is 18.0. The van der Waals surface area contributed by atoms with Crippen LogP contribution in [-0.2, 0) is 9.53 Å². The molecule has 0 saturated heterocycles. The largest absolute Gasteiger partial charge is 0.466 e. The van der Waals surface area contributed by atoms with E-state index < -0.39 is 23.4 Å². The maximum Gasteiger partial charge on any atom is 0.302 e. The van der Waals surface area contributed by atoms with Crippen LogP contribution in [0.5, 0.6) is 0 Å². The molecule has 2 aromatic rings. The van der Waals surface area contributed by atoms with Crippen molar-refractivity contribution in [2.75, 3.05) is 11.9 Å². The third-order valence-electron chi connectivity index (χ3n) is 4.58. The number of anilines is 1. The fourth-order valence-electron chi connectivity index (χ4n) is 3.07. The van der Waals surface area contributed by atoms with Gasteiger partial charge in [0.25, 0.3) is 5.91 Å². The van der Waals surface area contributed by atoms with E-state index >= 15 is 0 Å². The molecule has 2 unspecified atom stereocenters. The van der Waals surface area contributed by atoms with Gasteiger partial charge in [-0.2, -0.15) is 0 Å². The Labute approximate surface area is 194 Å². The standard InChI is InChI=1S/C23H25ClF3NO3S/c1-4-5-17(8-13(2)12-31-14(3)29)32-21-9-15(6-7-18(21)24)23(30)28-16-10-19(25)22(27)20(26)11-16/h6-7,9-11,13,17H,4-5,8,12H2,1-3H3,(H,28,30). The molecule has 2 aromatic carbocycles. The summed E-state index contributed by atoms with van der Waals surface area (Å²) in [6.07, 6.45) is 2.63. The number of carbonyl (C=O) groups is 2. The average molecular weight is 488 g/mol. The smallest absolute Gasteiger partial charge is 0.302 e. The maximum absolute atomic E-state index is 13.4. The second kappa shape index (κ2) is 12.2. The summed E-state index contributed by atoms with van der Waals surface area (Å²) < 4.78 is 45.0. The summed E-state index contributed by atoms with van der Waals surface area (Å²) in [6.45, 7) is 5.77. The Morgan fingerprint density at radius 1 is 1.16 bits per heavy atom. The van der Waals surface area contributed by atoms with E-state index in [9.17, 15) is 22.8 Å². The van der Waals surface area contributed by atoms with Crippen molar-refractivity contribution in [1.29, 1.82) is 0 Å². The summed E-state index contributed by atoms with van der Waals surface area (Å²) in [5.74, 6) is -5.16. The maximum atomic E-state index is 13.4. The van der Waals surface area contributed by atoms with Crippen LogP contribution >= 0.6 is 23.4 Å². The fourth-order valence-corrected chi connectivity index (χ4v) is 4.83. The van der Waals surface area contributed by atoms with Gasteiger partial charge in [-0.15, -0.1) is 11.8 Å². The highest BCUT2D eigenvalue weighted by Gasteiger charge is 2.19. The molecule has 1 N–H and O–H groups in total. The molecule has 0 bridgehead atoms. The summed E-state index contributed by atoms with van der Waals surface area (Å²) >= 11 is 7.87. The summed E-state index contributed by atoms with van der Waals surface area (Å²) in [4.78, 5) is 24.3. The lowest BCUT2D eigenvalue weighted by Crippen LogP contribution is -2.15. The number of rotatable bonds is 10. The molecule has 2 atom stereocenters. The number of hydrogen-bond donors (Lipinski definition) is 1. The molecule has 1 amide bonds. The Kier molecular flexibility index (Phi) is 9.90. The molecule has 0 saturated carbocycles. The van der Waals surface area contributed by atoms with Crippen LogP contribution in [0.1, 0.15) is 50.4 Å². The molecule has 0 radical (unpaired) electrons. The van der Waals surface area contributed by atoms with Crippen molar-refractivity contribution >= 4 is 40.9 Å². The lowest BCUT2D eigenvalue weighted by Gasteiger charge is -2.21. The molecular weight excluding hydrogens is 463 g/mol. The highest BCUT2D eigenvalue weighted by atomic mass is 35.5. The number of nitrogens with one attached hydrogen (secondary N) is 1. The molecule has 2 rings (SSSR count). The van der Waals surface area contributed by atoms with Gasteiger partial charge in [-0.3, -0.25) is 9.59 Å². The monoisotopic (exact) mass is 487 g/mol. The van der Waals surface area contributed by atoms with Crippen LogP contribution < -0.4 is 5.32 Å². The number of ether oxygens (including phenoxy) is 1. The summed E-state index contributed by atoms with van der Waals surface area (Å²) in [6, 6.07) is 6.11. The quantitative estimate of drug-likeness (QED) is 0.226. The summed E-state index contributed by atoms with van der Waals surface area (Å²) in [5.41, 5.74) is 0.0453. The number of benzene rings is 2. The number of esters is 1. The molecule has 9 heteroatoms. The van der Waals surface area contributed by atoms with Crippen molar-refractivity contribution < 1.29 is 27.5 Å². The van der Waals surface area contributed by atoms with Gasteiger partial charge >= 0.3 is 5.97 Å². The molecule has 4 nitrogen and oxygen atoms in total. The minimum absolute atomic E-state index is 0.150. The Morgan fingerprint density at radius 2 is 1.81 bits per heavy atom. The Balaban J connectivity index is 2.14. The van der Waals surface area contributed by atoms with E-state index in [4.69, 9.17) is 16.3 Å². The second-order valence-electron chi connectivity index (χ2n) is 7.53. The van der Waals surface area contributed by atoms with E-state index in [1.54, 1.807) is 12.1 Å². The Morgan fingerprint density at radius 3 is 2.41 bits per heavy atom. The first kappa shape index (κ1) is 26.1. The molecule has 0 aliphatic heterocycles. The van der Waals surface area contributed by atoms with Crippen molar-refractivity contribution in [3.05, 3.63) is 58.4 Å². The van der Waals surface area contributed by atoms with Crippen LogP contribution in [0.15, 0.2) is 35.2 Å². The molecule has 0 spiro atoms. The minimum atomic E-state index is -1.60. The van der Waals surface area contributed by atoms with E-state index in [1.807, 2.05) is 6.92 Å². The summed E-state index contributed by atoms with van der Waals surface area (Å²) in [5, 5.41) is 3.02. The molecule has 174 valence electrons. The topological polar surface area (TPSA) is 55.4 Å². The third-order valence-corrected chi connectivity index (χ3v) is 6.37. The van der Waals surface area contributed by atoms with E-state index in [-0.39, 0.29) is 28.4 Å². The van der Waals surface area contributed by atoms with Gasteiger partial charge in [0.15, 0.2) is 17.5 Å². The Bertz CT molecular complexity index is 950. The van der Waals surface area contributed by atoms with Crippen LogP contribution in [0, 0.1) is 23.4 Å². The molecule has 0 aliphatic rings. The number of carbonyl (C=O) groups excluding carboxylic acids is 2. The second-order valence-corrected chi connectivity index (χ2v) is 9.27. The van der Waals surface area contributed by atoms with E-state index in [1.165, 1.54) is 24.8 Å². The summed E-state index contributed by atoms with van der Waals surface area (Å²) in [7, 11) is 0. The average Bonchev–Trinajstić information content (AvgIpc) is 2.72.